The van der Waals surface area contributed by atoms with Crippen LogP contribution in [0, 0.1) is 0 Å². The number of rotatable bonds is 5. The molecule has 1 aromatic rings. The highest BCUT2D eigenvalue weighted by molar-refractivity contribution is 9.10. The maximum absolute atomic E-state index is 11.9. The van der Waals surface area contributed by atoms with Crippen LogP contribution in [-0.2, 0) is 0 Å². The van der Waals surface area contributed by atoms with E-state index in [4.69, 9.17) is 5.73 Å². The van der Waals surface area contributed by atoms with Crippen molar-refractivity contribution in [3.05, 3.63) is 28.2 Å². The first-order valence-electron chi connectivity index (χ1n) is 5.95. The second-order valence-corrected chi connectivity index (χ2v) is 5.42. The number of carbonyl (C=O) groups excluding carboxylic acids is 1. The monoisotopic (exact) mass is 313 g/mol. The Morgan fingerprint density at radius 3 is 2.72 bits per heavy atom. The average molecular weight is 314 g/mol. The van der Waals surface area contributed by atoms with Gasteiger partial charge in [0.1, 0.15) is 0 Å². The number of amides is 1. The maximum atomic E-state index is 11.9. The zero-order valence-corrected chi connectivity index (χ0v) is 12.6. The molecule has 0 aliphatic rings. The Bertz CT molecular complexity index is 421. The van der Waals surface area contributed by atoms with Crippen LogP contribution < -0.4 is 11.1 Å². The Morgan fingerprint density at radius 2 is 2.17 bits per heavy atom. The highest BCUT2D eigenvalue weighted by atomic mass is 79.9. The molecule has 1 amide bonds. The van der Waals surface area contributed by atoms with Crippen LogP contribution in [0.3, 0.4) is 0 Å². The zero-order valence-electron chi connectivity index (χ0n) is 11.0. The predicted octanol–water partition coefficient (Wildman–Crippen LogP) is 2.10. The minimum Gasteiger partial charge on any atom is -0.398 e. The predicted molar refractivity (Wildman–Crippen MR) is 78.7 cm³/mol. The third kappa shape index (κ3) is 4.31. The first kappa shape index (κ1) is 15.0. The molecule has 0 saturated carbocycles. The van der Waals surface area contributed by atoms with Crippen LogP contribution in [0.4, 0.5) is 5.69 Å². The fourth-order valence-electron chi connectivity index (χ4n) is 1.37. The molecule has 0 fully saturated rings. The third-order valence-corrected chi connectivity index (χ3v) is 3.58. The van der Waals surface area contributed by atoms with Gasteiger partial charge in [-0.2, -0.15) is 0 Å². The van der Waals surface area contributed by atoms with Crippen molar-refractivity contribution in [2.24, 2.45) is 0 Å². The number of anilines is 1. The fourth-order valence-corrected chi connectivity index (χ4v) is 1.75. The second-order valence-electron chi connectivity index (χ2n) is 4.57. The molecule has 5 heteroatoms. The van der Waals surface area contributed by atoms with Crippen molar-refractivity contribution in [2.45, 2.75) is 19.9 Å². The van der Waals surface area contributed by atoms with Crippen molar-refractivity contribution in [2.75, 3.05) is 25.9 Å². The summed E-state index contributed by atoms with van der Waals surface area (Å²) in [6.45, 7) is 5.72. The molecular weight excluding hydrogens is 294 g/mol. The summed E-state index contributed by atoms with van der Waals surface area (Å²) in [5.74, 6) is -0.0761. The number of nitrogens with one attached hydrogen (secondary N) is 1. The minimum absolute atomic E-state index is 0.0761. The molecular formula is C13H20BrN3O. The molecule has 0 atom stereocenters. The van der Waals surface area contributed by atoms with E-state index in [-0.39, 0.29) is 5.91 Å². The van der Waals surface area contributed by atoms with E-state index in [1.807, 2.05) is 7.05 Å². The zero-order chi connectivity index (χ0) is 13.7. The molecule has 1 aromatic carbocycles. The van der Waals surface area contributed by atoms with Gasteiger partial charge in [-0.05, 0) is 55.0 Å². The molecule has 0 bridgehead atoms. The van der Waals surface area contributed by atoms with Crippen LogP contribution in [0.1, 0.15) is 24.2 Å². The van der Waals surface area contributed by atoms with E-state index in [2.05, 4.69) is 40.0 Å². The van der Waals surface area contributed by atoms with E-state index in [1.54, 1.807) is 18.2 Å². The van der Waals surface area contributed by atoms with Gasteiger partial charge in [0.25, 0.3) is 5.91 Å². The summed E-state index contributed by atoms with van der Waals surface area (Å²) in [6, 6.07) is 5.66. The molecule has 0 radical (unpaired) electrons. The van der Waals surface area contributed by atoms with Crippen LogP contribution in [0.15, 0.2) is 22.7 Å². The van der Waals surface area contributed by atoms with Crippen molar-refractivity contribution in [3.63, 3.8) is 0 Å². The smallest absolute Gasteiger partial charge is 0.251 e. The molecule has 18 heavy (non-hydrogen) atoms. The van der Waals surface area contributed by atoms with Gasteiger partial charge in [0.15, 0.2) is 0 Å². The first-order chi connectivity index (χ1) is 8.41. The molecule has 0 spiro atoms. The molecule has 0 saturated heterocycles. The Hall–Kier alpha value is -1.07. The van der Waals surface area contributed by atoms with E-state index >= 15 is 0 Å². The number of nitrogens with zero attached hydrogens (tertiary/aromatic N) is 1. The van der Waals surface area contributed by atoms with Crippen LogP contribution in [0.25, 0.3) is 0 Å². The molecule has 0 aromatic heterocycles. The van der Waals surface area contributed by atoms with Gasteiger partial charge in [-0.1, -0.05) is 0 Å². The van der Waals surface area contributed by atoms with Crippen molar-refractivity contribution in [3.8, 4) is 0 Å². The van der Waals surface area contributed by atoms with Crippen LogP contribution >= 0.6 is 15.9 Å². The van der Waals surface area contributed by atoms with Crippen LogP contribution in [-0.4, -0.2) is 37.0 Å². The van der Waals surface area contributed by atoms with E-state index in [0.717, 1.165) is 11.0 Å². The van der Waals surface area contributed by atoms with Crippen LogP contribution in [0.5, 0.6) is 0 Å². The van der Waals surface area contributed by atoms with Crippen molar-refractivity contribution >= 4 is 27.5 Å². The number of hydrogen-bond donors (Lipinski definition) is 2. The summed E-state index contributed by atoms with van der Waals surface area (Å²) < 4.78 is 0.745. The van der Waals surface area contributed by atoms with Gasteiger partial charge in [-0.3, -0.25) is 4.79 Å². The lowest BCUT2D eigenvalue weighted by molar-refractivity contribution is 0.0948. The highest BCUT2D eigenvalue weighted by Crippen LogP contribution is 2.20. The number of hydrogen-bond acceptors (Lipinski definition) is 3. The summed E-state index contributed by atoms with van der Waals surface area (Å²) in [6.07, 6.45) is 0. The van der Waals surface area contributed by atoms with Gasteiger partial charge in [-0.15, -0.1) is 0 Å². The molecule has 0 unspecified atom stereocenters. The maximum Gasteiger partial charge on any atom is 0.251 e. The first-order valence-corrected chi connectivity index (χ1v) is 6.74. The van der Waals surface area contributed by atoms with E-state index in [0.29, 0.717) is 23.8 Å². The van der Waals surface area contributed by atoms with E-state index in [9.17, 15) is 4.79 Å². The fraction of sp³-hybridized carbons (Fsp3) is 0.462. The van der Waals surface area contributed by atoms with Crippen molar-refractivity contribution in [1.29, 1.82) is 0 Å². The van der Waals surface area contributed by atoms with Crippen molar-refractivity contribution in [1.82, 2.24) is 10.2 Å². The number of likely N-dealkylation sites (N-methyl/N-ethyl adjacent to an activating group) is 1. The van der Waals surface area contributed by atoms with Gasteiger partial charge < -0.3 is 16.0 Å². The number of benzene rings is 1. The Labute approximate surface area is 117 Å². The molecule has 1 rings (SSSR count). The van der Waals surface area contributed by atoms with Gasteiger partial charge in [0.05, 0.1) is 0 Å². The average Bonchev–Trinajstić information content (AvgIpc) is 2.32. The third-order valence-electron chi connectivity index (χ3n) is 2.89. The molecule has 100 valence electrons. The quantitative estimate of drug-likeness (QED) is 0.818. The largest absolute Gasteiger partial charge is 0.398 e. The summed E-state index contributed by atoms with van der Waals surface area (Å²) >= 11 is 3.31. The Morgan fingerprint density at radius 1 is 1.50 bits per heavy atom. The summed E-state index contributed by atoms with van der Waals surface area (Å²) in [4.78, 5) is 14.0. The molecule has 0 aliphatic carbocycles. The van der Waals surface area contributed by atoms with E-state index in [1.165, 1.54) is 0 Å². The lowest BCUT2D eigenvalue weighted by Gasteiger charge is -2.20. The van der Waals surface area contributed by atoms with E-state index < -0.39 is 0 Å². The Balaban J connectivity index is 2.48. The van der Waals surface area contributed by atoms with Gasteiger partial charge in [0.2, 0.25) is 0 Å². The molecule has 4 nitrogen and oxygen atoms in total. The normalized spacial score (nSPS) is 11.0. The SMILES string of the molecule is CC(C)N(C)CCNC(=O)c1ccc(N)c(Br)c1. The molecule has 0 heterocycles. The second kappa shape index (κ2) is 6.75. The summed E-state index contributed by atoms with van der Waals surface area (Å²) in [5.41, 5.74) is 6.92. The van der Waals surface area contributed by atoms with Gasteiger partial charge >= 0.3 is 0 Å². The summed E-state index contributed by atoms with van der Waals surface area (Å²) in [5, 5.41) is 2.89. The number of carbonyl (C=O) groups is 1. The molecule has 3 N–H and O–H groups in total. The standard InChI is InChI=1S/C13H20BrN3O/c1-9(2)17(3)7-6-16-13(18)10-4-5-12(15)11(14)8-10/h4-5,8-9H,6-7,15H2,1-3H3,(H,16,18). The highest BCUT2D eigenvalue weighted by Gasteiger charge is 2.08. The van der Waals surface area contributed by atoms with Gasteiger partial charge in [0, 0.05) is 34.9 Å². The minimum atomic E-state index is -0.0761. The summed E-state index contributed by atoms with van der Waals surface area (Å²) in [7, 11) is 2.04. The van der Waals surface area contributed by atoms with Crippen LogP contribution in [0.2, 0.25) is 0 Å². The Kier molecular flexibility index (Phi) is 5.62. The lowest BCUT2D eigenvalue weighted by Crippen LogP contribution is -2.36. The van der Waals surface area contributed by atoms with Gasteiger partial charge in [-0.25, -0.2) is 0 Å². The topological polar surface area (TPSA) is 58.4 Å². The molecule has 0 aliphatic heterocycles. The number of halogens is 1. The number of nitrogens with two attached hydrogens (primary N) is 1. The lowest BCUT2D eigenvalue weighted by atomic mass is 10.2. The van der Waals surface area contributed by atoms with Crippen molar-refractivity contribution < 1.29 is 4.79 Å². The number of nitrogen functional groups attached to an aromatic ring is 1.